The number of hydrogen-bond donors (Lipinski definition) is 2. The molecule has 1 aromatic carbocycles. The lowest BCUT2D eigenvalue weighted by Crippen LogP contribution is -1.97. The van der Waals surface area contributed by atoms with Crippen LogP contribution in [0.2, 0.25) is 0 Å². The van der Waals surface area contributed by atoms with E-state index in [2.05, 4.69) is 0 Å². The molecule has 3 heteroatoms. The number of anilines is 1. The van der Waals surface area contributed by atoms with Gasteiger partial charge in [-0.2, -0.15) is 0 Å². The lowest BCUT2D eigenvalue weighted by molar-refractivity contribution is 0.171. The van der Waals surface area contributed by atoms with Crippen LogP contribution < -0.4 is 5.73 Å². The Kier molecular flexibility index (Phi) is 3.59. The molecule has 0 radical (unpaired) electrons. The second-order valence-corrected chi connectivity index (χ2v) is 4.79. The maximum absolute atomic E-state index is 9.91. The van der Waals surface area contributed by atoms with E-state index in [1.807, 2.05) is 41.8 Å². The maximum atomic E-state index is 9.91. The van der Waals surface area contributed by atoms with Crippen LogP contribution in [0.3, 0.4) is 0 Å². The van der Waals surface area contributed by atoms with E-state index in [0.717, 1.165) is 23.4 Å². The zero-order valence-electron chi connectivity index (χ0n) is 8.97. The third kappa shape index (κ3) is 2.84. The van der Waals surface area contributed by atoms with Gasteiger partial charge in [0.25, 0.3) is 0 Å². The molecule has 3 N–H and O–H groups in total. The van der Waals surface area contributed by atoms with Crippen LogP contribution in [0.25, 0.3) is 0 Å². The van der Waals surface area contributed by atoms with Crippen molar-refractivity contribution >= 4 is 17.0 Å². The number of thiophene rings is 1. The highest BCUT2D eigenvalue weighted by Gasteiger charge is 2.08. The van der Waals surface area contributed by atoms with Crippen molar-refractivity contribution in [1.82, 2.24) is 0 Å². The molecule has 1 unspecified atom stereocenters. The first-order valence-corrected chi connectivity index (χ1v) is 6.19. The summed E-state index contributed by atoms with van der Waals surface area (Å²) >= 11 is 1.60. The molecule has 2 nitrogen and oxygen atoms in total. The smallest absolute Gasteiger partial charge is 0.0885 e. The molecule has 84 valence electrons. The minimum absolute atomic E-state index is 0.349. The van der Waals surface area contributed by atoms with Crippen LogP contribution >= 0.6 is 11.3 Å². The number of hydrogen-bond acceptors (Lipinski definition) is 3. The first kappa shape index (κ1) is 11.2. The molecule has 0 bridgehead atoms. The van der Waals surface area contributed by atoms with Crippen molar-refractivity contribution in [2.75, 3.05) is 5.73 Å². The summed E-state index contributed by atoms with van der Waals surface area (Å²) < 4.78 is 0. The molecule has 2 rings (SSSR count). The molecule has 1 heterocycles. The summed E-state index contributed by atoms with van der Waals surface area (Å²) in [5.41, 5.74) is 7.61. The monoisotopic (exact) mass is 233 g/mol. The van der Waals surface area contributed by atoms with E-state index in [1.54, 1.807) is 11.3 Å². The summed E-state index contributed by atoms with van der Waals surface area (Å²) in [5.74, 6) is 0. The van der Waals surface area contributed by atoms with Crippen molar-refractivity contribution in [2.45, 2.75) is 18.9 Å². The van der Waals surface area contributed by atoms with Crippen LogP contribution in [0.15, 0.2) is 41.8 Å². The molecule has 2 aromatic rings. The van der Waals surface area contributed by atoms with Crippen LogP contribution in [0, 0.1) is 0 Å². The Morgan fingerprint density at radius 3 is 2.56 bits per heavy atom. The lowest BCUT2D eigenvalue weighted by Gasteiger charge is -2.08. The highest BCUT2D eigenvalue weighted by atomic mass is 32.1. The molecule has 0 fully saturated rings. The molecule has 0 aliphatic rings. The molecule has 0 aliphatic heterocycles. The normalized spacial score (nSPS) is 12.6. The van der Waals surface area contributed by atoms with Gasteiger partial charge in [0.15, 0.2) is 0 Å². The molecular formula is C13H15NOS. The number of benzene rings is 1. The fourth-order valence-corrected chi connectivity index (χ4v) is 2.36. The average Bonchev–Trinajstić information content (AvgIpc) is 2.81. The molecule has 0 saturated carbocycles. The molecular weight excluding hydrogens is 218 g/mol. The highest BCUT2D eigenvalue weighted by molar-refractivity contribution is 7.10. The summed E-state index contributed by atoms with van der Waals surface area (Å²) in [6.07, 6.45) is 1.28. The Labute approximate surface area is 99.4 Å². The predicted octanol–water partition coefficient (Wildman–Crippen LogP) is 3.00. The van der Waals surface area contributed by atoms with E-state index in [0.29, 0.717) is 0 Å². The van der Waals surface area contributed by atoms with Crippen LogP contribution in [-0.2, 0) is 6.42 Å². The highest BCUT2D eigenvalue weighted by Crippen LogP contribution is 2.23. The average molecular weight is 233 g/mol. The number of nitrogens with two attached hydrogens (primary N) is 1. The van der Waals surface area contributed by atoms with Crippen LogP contribution in [0.5, 0.6) is 0 Å². The van der Waals surface area contributed by atoms with Crippen LogP contribution in [-0.4, -0.2) is 5.11 Å². The van der Waals surface area contributed by atoms with Gasteiger partial charge in [-0.15, -0.1) is 11.3 Å². The minimum atomic E-state index is -0.349. The number of aliphatic hydroxyl groups is 1. The third-order valence-electron chi connectivity index (χ3n) is 2.56. The van der Waals surface area contributed by atoms with E-state index >= 15 is 0 Å². The Morgan fingerprint density at radius 1 is 1.19 bits per heavy atom. The summed E-state index contributed by atoms with van der Waals surface area (Å²) in [5, 5.41) is 11.9. The molecule has 0 amide bonds. The van der Waals surface area contributed by atoms with Crippen LogP contribution in [0.4, 0.5) is 5.69 Å². The van der Waals surface area contributed by atoms with Crippen molar-refractivity contribution < 1.29 is 5.11 Å². The molecule has 0 spiro atoms. The Balaban J connectivity index is 1.90. The number of nitrogen functional groups attached to an aromatic ring is 1. The van der Waals surface area contributed by atoms with Gasteiger partial charge in [-0.3, -0.25) is 0 Å². The van der Waals surface area contributed by atoms with Crippen molar-refractivity contribution in [2.24, 2.45) is 0 Å². The summed E-state index contributed by atoms with van der Waals surface area (Å²) in [6, 6.07) is 11.7. The Bertz CT molecular complexity index is 422. The topological polar surface area (TPSA) is 46.2 Å². The minimum Gasteiger partial charge on any atom is -0.399 e. The fraction of sp³-hybridized carbons (Fsp3) is 0.231. The largest absolute Gasteiger partial charge is 0.399 e. The molecule has 0 saturated heterocycles. The van der Waals surface area contributed by atoms with Gasteiger partial charge in [-0.25, -0.2) is 0 Å². The van der Waals surface area contributed by atoms with Gasteiger partial charge >= 0.3 is 0 Å². The second-order valence-electron chi connectivity index (χ2n) is 3.81. The second kappa shape index (κ2) is 5.14. The first-order valence-electron chi connectivity index (χ1n) is 5.31. The summed E-state index contributed by atoms with van der Waals surface area (Å²) in [6.45, 7) is 0. The van der Waals surface area contributed by atoms with Crippen LogP contribution in [0.1, 0.15) is 23.0 Å². The van der Waals surface area contributed by atoms with Gasteiger partial charge in [-0.05, 0) is 42.0 Å². The third-order valence-corrected chi connectivity index (χ3v) is 3.53. The van der Waals surface area contributed by atoms with E-state index in [4.69, 9.17) is 5.73 Å². The Morgan fingerprint density at radius 2 is 1.94 bits per heavy atom. The maximum Gasteiger partial charge on any atom is 0.0885 e. The number of rotatable bonds is 4. The predicted molar refractivity (Wildman–Crippen MR) is 68.5 cm³/mol. The SMILES string of the molecule is Nc1ccc(CCC(O)c2cccs2)cc1. The molecule has 1 atom stereocenters. The zero-order valence-corrected chi connectivity index (χ0v) is 9.78. The van der Waals surface area contributed by atoms with Gasteiger partial charge in [-0.1, -0.05) is 18.2 Å². The standard InChI is InChI=1S/C13H15NOS/c14-11-6-3-10(4-7-11)5-8-12(15)13-2-1-9-16-13/h1-4,6-7,9,12,15H,5,8,14H2. The Hall–Kier alpha value is -1.32. The van der Waals surface area contributed by atoms with E-state index < -0.39 is 0 Å². The summed E-state index contributed by atoms with van der Waals surface area (Å²) in [4.78, 5) is 1.04. The molecule has 0 aliphatic carbocycles. The van der Waals surface area contributed by atoms with Gasteiger partial charge in [0, 0.05) is 10.6 Å². The quantitative estimate of drug-likeness (QED) is 0.797. The van der Waals surface area contributed by atoms with E-state index in [9.17, 15) is 5.11 Å². The van der Waals surface area contributed by atoms with E-state index in [1.165, 1.54) is 5.56 Å². The summed E-state index contributed by atoms with van der Waals surface area (Å²) in [7, 11) is 0. The number of aryl methyl sites for hydroxylation is 1. The first-order chi connectivity index (χ1) is 7.75. The fourth-order valence-electron chi connectivity index (χ4n) is 1.61. The van der Waals surface area contributed by atoms with Gasteiger partial charge in [0.05, 0.1) is 6.10 Å². The van der Waals surface area contributed by atoms with Gasteiger partial charge < -0.3 is 10.8 Å². The number of aliphatic hydroxyl groups excluding tert-OH is 1. The van der Waals surface area contributed by atoms with Crippen molar-refractivity contribution in [1.29, 1.82) is 0 Å². The van der Waals surface area contributed by atoms with Gasteiger partial charge in [0.1, 0.15) is 0 Å². The van der Waals surface area contributed by atoms with E-state index in [-0.39, 0.29) is 6.10 Å². The van der Waals surface area contributed by atoms with Crippen molar-refractivity contribution in [3.05, 3.63) is 52.2 Å². The van der Waals surface area contributed by atoms with Gasteiger partial charge in [0.2, 0.25) is 0 Å². The molecule has 1 aromatic heterocycles. The molecule has 16 heavy (non-hydrogen) atoms. The van der Waals surface area contributed by atoms with Crippen molar-refractivity contribution in [3.8, 4) is 0 Å². The lowest BCUT2D eigenvalue weighted by atomic mass is 10.1. The zero-order chi connectivity index (χ0) is 11.4. The van der Waals surface area contributed by atoms with Crippen molar-refractivity contribution in [3.63, 3.8) is 0 Å².